The molecule has 2 unspecified atom stereocenters. The lowest BCUT2D eigenvalue weighted by Gasteiger charge is -2.50. The number of carbonyl (C=O) groups is 3. The maximum atomic E-state index is 13.6. The highest BCUT2D eigenvalue weighted by Crippen LogP contribution is 2.48. The van der Waals surface area contributed by atoms with E-state index in [-0.39, 0.29) is 17.9 Å². The van der Waals surface area contributed by atoms with Crippen molar-refractivity contribution in [1.82, 2.24) is 4.90 Å². The van der Waals surface area contributed by atoms with Crippen molar-refractivity contribution in [2.24, 2.45) is 0 Å². The summed E-state index contributed by atoms with van der Waals surface area (Å²) >= 11 is 6.32. The Labute approximate surface area is 208 Å². The van der Waals surface area contributed by atoms with E-state index in [1.807, 2.05) is 0 Å². The molecule has 3 amide bonds. The number of anilines is 1. The summed E-state index contributed by atoms with van der Waals surface area (Å²) < 4.78 is 10.9. The topological polar surface area (TPSA) is 119 Å². The van der Waals surface area contributed by atoms with E-state index in [0.717, 1.165) is 11.0 Å². The number of ether oxygens (including phenoxy) is 2. The molecule has 0 spiro atoms. The van der Waals surface area contributed by atoms with E-state index in [1.54, 1.807) is 43.3 Å². The summed E-state index contributed by atoms with van der Waals surface area (Å²) in [7, 11) is 0. The molecule has 180 valence electrons. The molecule has 6 rings (SSSR count). The van der Waals surface area contributed by atoms with Gasteiger partial charge in [0.05, 0.1) is 16.5 Å². The van der Waals surface area contributed by atoms with Crippen LogP contribution in [0.25, 0.3) is 0 Å². The Morgan fingerprint density at radius 2 is 1.69 bits per heavy atom. The van der Waals surface area contributed by atoms with Gasteiger partial charge in [0.2, 0.25) is 6.79 Å². The first-order valence-corrected chi connectivity index (χ1v) is 11.3. The number of amides is 3. The van der Waals surface area contributed by atoms with Crippen LogP contribution in [0, 0.1) is 17.0 Å². The molecule has 10 nitrogen and oxygen atoms in total. The van der Waals surface area contributed by atoms with Crippen LogP contribution >= 0.6 is 11.6 Å². The zero-order valence-electron chi connectivity index (χ0n) is 18.6. The van der Waals surface area contributed by atoms with Crippen LogP contribution in [0.3, 0.4) is 0 Å². The summed E-state index contributed by atoms with van der Waals surface area (Å²) in [5, 5.41) is 12.0. The number of nitro groups is 1. The number of halogens is 1. The summed E-state index contributed by atoms with van der Waals surface area (Å²) in [5.74, 6) is -1.16. The van der Waals surface area contributed by atoms with Gasteiger partial charge in [0.25, 0.3) is 23.4 Å². The molecule has 0 saturated carbocycles. The molecule has 3 aliphatic rings. The van der Waals surface area contributed by atoms with Crippen molar-refractivity contribution < 1.29 is 28.8 Å². The van der Waals surface area contributed by atoms with E-state index >= 15 is 0 Å². The maximum Gasteiger partial charge on any atom is 0.282 e. The molecule has 3 aromatic carbocycles. The van der Waals surface area contributed by atoms with Crippen molar-refractivity contribution in [3.63, 3.8) is 0 Å². The van der Waals surface area contributed by atoms with Crippen LogP contribution < -0.4 is 14.4 Å². The van der Waals surface area contributed by atoms with E-state index < -0.39 is 40.4 Å². The van der Waals surface area contributed by atoms with Gasteiger partial charge >= 0.3 is 0 Å². The van der Waals surface area contributed by atoms with Crippen molar-refractivity contribution in [1.29, 1.82) is 0 Å². The fourth-order valence-electron chi connectivity index (χ4n) is 4.97. The number of rotatable bonds is 4. The fourth-order valence-corrected chi connectivity index (χ4v) is 5.14. The normalized spacial score (nSPS) is 20.0. The molecule has 0 bridgehead atoms. The van der Waals surface area contributed by atoms with Crippen LogP contribution in [0.5, 0.6) is 11.5 Å². The van der Waals surface area contributed by atoms with E-state index in [9.17, 15) is 24.5 Å². The Bertz CT molecular complexity index is 1520. The summed E-state index contributed by atoms with van der Waals surface area (Å²) in [6.45, 7) is 1.81. The predicted molar refractivity (Wildman–Crippen MR) is 126 cm³/mol. The van der Waals surface area contributed by atoms with Crippen molar-refractivity contribution in [3.05, 3.63) is 92.0 Å². The van der Waals surface area contributed by atoms with Gasteiger partial charge in [-0.15, -0.1) is 0 Å². The molecule has 0 N–H and O–H groups in total. The quantitative estimate of drug-likeness (QED) is 0.227. The lowest BCUT2D eigenvalue weighted by molar-refractivity contribution is -0.385. The van der Waals surface area contributed by atoms with Gasteiger partial charge in [0, 0.05) is 16.8 Å². The second kappa shape index (κ2) is 7.79. The van der Waals surface area contributed by atoms with Crippen LogP contribution in [-0.2, 0) is 4.79 Å². The van der Waals surface area contributed by atoms with Gasteiger partial charge in [-0.1, -0.05) is 29.8 Å². The van der Waals surface area contributed by atoms with Gasteiger partial charge in [-0.2, -0.15) is 0 Å². The Hall–Kier alpha value is -4.44. The zero-order valence-corrected chi connectivity index (χ0v) is 19.4. The highest BCUT2D eigenvalue weighted by atomic mass is 35.5. The standard InChI is InChI=1S/C25H16ClN3O7/c1-12-15(26)5-3-6-16(12)27-21(13-8-9-18-19(10-13)36-11-35-18)22(25(27)32)28-23(30)14-4-2-7-17(29(33)34)20(14)24(28)31/h2-10,21-22H,11H2,1H3. The third-order valence-corrected chi connectivity index (χ3v) is 7.11. The molecule has 0 radical (unpaired) electrons. The minimum atomic E-state index is -1.23. The van der Waals surface area contributed by atoms with Crippen LogP contribution in [-0.4, -0.2) is 40.4 Å². The Morgan fingerprint density at radius 3 is 2.47 bits per heavy atom. The number of hydrogen-bond acceptors (Lipinski definition) is 7. The Balaban J connectivity index is 1.48. The average molecular weight is 506 g/mol. The largest absolute Gasteiger partial charge is 0.454 e. The summed E-state index contributed by atoms with van der Waals surface area (Å²) in [6, 6.07) is 12.1. The average Bonchev–Trinajstić information content (AvgIpc) is 3.43. The molecule has 36 heavy (non-hydrogen) atoms. The fraction of sp³-hybridized carbons (Fsp3) is 0.160. The van der Waals surface area contributed by atoms with E-state index in [4.69, 9.17) is 21.1 Å². The first-order chi connectivity index (χ1) is 17.3. The number of imide groups is 1. The van der Waals surface area contributed by atoms with Crippen LogP contribution in [0.4, 0.5) is 11.4 Å². The molecule has 3 aromatic rings. The molecule has 0 aliphatic carbocycles. The molecule has 1 saturated heterocycles. The first kappa shape index (κ1) is 22.1. The third kappa shape index (κ3) is 2.94. The monoisotopic (exact) mass is 505 g/mol. The van der Waals surface area contributed by atoms with Gasteiger partial charge < -0.3 is 14.4 Å². The van der Waals surface area contributed by atoms with Crippen molar-refractivity contribution in [2.75, 3.05) is 11.7 Å². The molecule has 3 heterocycles. The number of fused-ring (bicyclic) bond motifs is 2. The number of β-lactam (4-membered cyclic amide) rings is 1. The second-order valence-electron chi connectivity index (χ2n) is 8.53. The zero-order chi connectivity index (χ0) is 25.3. The lowest BCUT2D eigenvalue weighted by atomic mass is 9.85. The minimum absolute atomic E-state index is 0.0466. The Morgan fingerprint density at radius 1 is 0.944 bits per heavy atom. The van der Waals surface area contributed by atoms with E-state index in [2.05, 4.69) is 0 Å². The maximum absolute atomic E-state index is 13.6. The number of nitro benzene ring substituents is 1. The summed E-state index contributed by atoms with van der Waals surface area (Å²) in [5.41, 5.74) is 0.853. The van der Waals surface area contributed by atoms with E-state index in [0.29, 0.717) is 33.3 Å². The summed E-state index contributed by atoms with van der Waals surface area (Å²) in [6.07, 6.45) is 0. The van der Waals surface area contributed by atoms with Crippen molar-refractivity contribution in [2.45, 2.75) is 19.0 Å². The van der Waals surface area contributed by atoms with Crippen LogP contribution in [0.2, 0.25) is 5.02 Å². The predicted octanol–water partition coefficient (Wildman–Crippen LogP) is 4.04. The number of nitrogens with zero attached hydrogens (tertiary/aromatic N) is 3. The van der Waals surface area contributed by atoms with Crippen LogP contribution in [0.1, 0.15) is 37.9 Å². The molecule has 1 fully saturated rings. The molecule has 2 atom stereocenters. The highest BCUT2D eigenvalue weighted by molar-refractivity contribution is 6.32. The molecule has 11 heteroatoms. The van der Waals surface area contributed by atoms with Gasteiger partial charge in [-0.3, -0.25) is 29.4 Å². The van der Waals surface area contributed by atoms with E-state index in [1.165, 1.54) is 17.0 Å². The van der Waals surface area contributed by atoms with Gasteiger partial charge in [0.15, 0.2) is 11.5 Å². The highest BCUT2D eigenvalue weighted by Gasteiger charge is 2.58. The number of carbonyl (C=O) groups excluding carboxylic acids is 3. The lowest BCUT2D eigenvalue weighted by Crippen LogP contribution is -2.67. The van der Waals surface area contributed by atoms with Gasteiger partial charge in [0.1, 0.15) is 11.6 Å². The number of hydrogen-bond donors (Lipinski definition) is 0. The molecule has 3 aliphatic heterocycles. The first-order valence-electron chi connectivity index (χ1n) is 10.9. The second-order valence-corrected chi connectivity index (χ2v) is 8.94. The molecular weight excluding hydrogens is 490 g/mol. The Kier molecular flexibility index (Phi) is 4.77. The third-order valence-electron chi connectivity index (χ3n) is 6.70. The van der Waals surface area contributed by atoms with Crippen molar-refractivity contribution >= 4 is 40.7 Å². The van der Waals surface area contributed by atoms with Gasteiger partial charge in [-0.25, -0.2) is 0 Å². The number of benzene rings is 3. The smallest absolute Gasteiger partial charge is 0.282 e. The van der Waals surface area contributed by atoms with Crippen LogP contribution in [0.15, 0.2) is 54.6 Å². The minimum Gasteiger partial charge on any atom is -0.454 e. The van der Waals surface area contributed by atoms with Crippen molar-refractivity contribution in [3.8, 4) is 11.5 Å². The molecule has 0 aromatic heterocycles. The van der Waals surface area contributed by atoms with Gasteiger partial charge in [-0.05, 0) is 48.4 Å². The summed E-state index contributed by atoms with van der Waals surface area (Å²) in [4.78, 5) is 53.5. The molecular formula is C25H16ClN3O7. The SMILES string of the molecule is Cc1c(Cl)cccc1N1C(=O)C(N2C(=O)c3cccc([N+](=O)[O-])c3C2=O)C1c1ccc2c(c1)OCO2.